The van der Waals surface area contributed by atoms with Crippen LogP contribution in [0.2, 0.25) is 0 Å². The monoisotopic (exact) mass is 516 g/mol. The summed E-state index contributed by atoms with van der Waals surface area (Å²) >= 11 is 0. The molecule has 2 saturated heterocycles. The molecule has 2 fully saturated rings. The molecule has 3 N–H and O–H groups in total. The normalized spacial score (nSPS) is 23.5. The first-order valence-electron chi connectivity index (χ1n) is 11.3. The van der Waals surface area contributed by atoms with E-state index in [2.05, 4.69) is 10.5 Å². The van der Waals surface area contributed by atoms with Crippen LogP contribution in [0.25, 0.3) is 0 Å². The van der Waals surface area contributed by atoms with E-state index in [0.717, 1.165) is 4.57 Å². The van der Waals surface area contributed by atoms with Gasteiger partial charge in [0.1, 0.15) is 18.8 Å². The molecule has 2 aliphatic heterocycles. The molecule has 2 aromatic rings. The Morgan fingerprint density at radius 2 is 1.76 bits per heavy atom. The number of benzene rings is 1. The van der Waals surface area contributed by atoms with Gasteiger partial charge in [-0.1, -0.05) is 32.0 Å². The second-order valence-corrected chi connectivity index (χ2v) is 8.57. The number of fused-ring (bicyclic) bond motifs is 1. The largest absolute Gasteiger partial charge is 0.459 e. The zero-order chi connectivity index (χ0) is 26.7. The summed E-state index contributed by atoms with van der Waals surface area (Å²) in [6.45, 7) is 3.13. The van der Waals surface area contributed by atoms with E-state index < -0.39 is 60.1 Å². The molecular formula is C23H24N4O10. The number of nitrogens with one attached hydrogen (secondary N) is 1. The van der Waals surface area contributed by atoms with Crippen molar-refractivity contribution in [3.8, 4) is 0 Å². The molecule has 0 bridgehead atoms. The van der Waals surface area contributed by atoms with Crippen molar-refractivity contribution in [3.05, 3.63) is 58.6 Å². The van der Waals surface area contributed by atoms with E-state index in [1.165, 1.54) is 12.3 Å². The van der Waals surface area contributed by atoms with Crippen LogP contribution >= 0.6 is 0 Å². The lowest BCUT2D eigenvalue weighted by Gasteiger charge is -2.28. The van der Waals surface area contributed by atoms with Gasteiger partial charge >= 0.3 is 29.6 Å². The highest BCUT2D eigenvalue weighted by Crippen LogP contribution is 2.35. The molecule has 0 radical (unpaired) electrons. The third kappa shape index (κ3) is 5.59. The molecule has 14 nitrogen and oxygen atoms in total. The fraction of sp³-hybridized carbons (Fsp3) is 0.391. The third-order valence-electron chi connectivity index (χ3n) is 5.68. The van der Waals surface area contributed by atoms with E-state index in [0.29, 0.717) is 5.56 Å². The van der Waals surface area contributed by atoms with E-state index in [1.54, 1.807) is 44.2 Å². The van der Waals surface area contributed by atoms with Crippen molar-refractivity contribution in [2.45, 2.75) is 44.4 Å². The topological polar surface area (TPSA) is 187 Å². The number of hydrogen-bond donors (Lipinski definition) is 2. The second-order valence-electron chi connectivity index (χ2n) is 8.57. The molecule has 3 heterocycles. The quantitative estimate of drug-likeness (QED) is 0.201. The van der Waals surface area contributed by atoms with Gasteiger partial charge in [-0.3, -0.25) is 4.57 Å². The Labute approximate surface area is 209 Å². The molecule has 1 aromatic carbocycles. The Balaban J connectivity index is 1.48. The number of nitrogens with zero attached hydrogens (tertiary/aromatic N) is 2. The fourth-order valence-corrected chi connectivity index (χ4v) is 3.60. The summed E-state index contributed by atoms with van der Waals surface area (Å²) in [4.78, 5) is 69.2. The van der Waals surface area contributed by atoms with Gasteiger partial charge in [-0.15, -0.1) is 0 Å². The number of anilines is 1. The first-order valence-corrected chi connectivity index (χ1v) is 11.3. The molecule has 2 aliphatic rings. The van der Waals surface area contributed by atoms with Crippen LogP contribution in [0.1, 0.15) is 30.4 Å². The molecule has 14 heteroatoms. The molecular weight excluding hydrogens is 492 g/mol. The standard InChI is InChI=1S/C23H24N4O10/c1-11(2)15(24)20(29)37-26-14-8-9-27(23(32)25-14)18-17-16(35-21(30)22(31)36-17)13(34-18)10-33-19(28)12-6-4-3-5-7-12/h3-9,11,13,15-18H,10,24H2,1-2H3,(H,25,26,32)/t13-,15+,16?,17?,18-/m1/s1. The number of rotatable bonds is 8. The van der Waals surface area contributed by atoms with Crippen LogP contribution in [-0.2, 0) is 38.2 Å². The van der Waals surface area contributed by atoms with Crippen molar-refractivity contribution in [2.75, 3.05) is 12.1 Å². The van der Waals surface area contributed by atoms with Crippen LogP contribution in [-0.4, -0.2) is 64.4 Å². The summed E-state index contributed by atoms with van der Waals surface area (Å²) in [6.07, 6.45) is -3.43. The number of esters is 3. The minimum absolute atomic E-state index is 0.0967. The molecule has 0 spiro atoms. The predicted molar refractivity (Wildman–Crippen MR) is 121 cm³/mol. The Morgan fingerprint density at radius 3 is 2.41 bits per heavy atom. The minimum Gasteiger partial charge on any atom is -0.459 e. The lowest BCUT2D eigenvalue weighted by Crippen LogP contribution is -2.48. The molecule has 5 atom stereocenters. The number of carbonyl (C=O) groups excluding carboxylic acids is 4. The number of nitrogens with two attached hydrogens (primary N) is 1. The van der Waals surface area contributed by atoms with E-state index in [4.69, 9.17) is 29.5 Å². The van der Waals surface area contributed by atoms with Crippen molar-refractivity contribution in [1.29, 1.82) is 0 Å². The van der Waals surface area contributed by atoms with Gasteiger partial charge in [0.05, 0.1) is 5.56 Å². The van der Waals surface area contributed by atoms with Gasteiger partial charge in [0.2, 0.25) is 0 Å². The maximum absolute atomic E-state index is 12.7. The van der Waals surface area contributed by atoms with Crippen LogP contribution in [0, 0.1) is 5.92 Å². The number of ether oxygens (including phenoxy) is 4. The Bertz CT molecular complexity index is 1250. The molecule has 0 amide bonds. The Hall–Kier alpha value is -4.30. The van der Waals surface area contributed by atoms with Crippen LogP contribution in [0.3, 0.4) is 0 Å². The summed E-state index contributed by atoms with van der Waals surface area (Å²) in [5.41, 5.74) is 7.39. The van der Waals surface area contributed by atoms with Crippen molar-refractivity contribution in [1.82, 2.24) is 9.55 Å². The first-order chi connectivity index (χ1) is 17.7. The van der Waals surface area contributed by atoms with Gasteiger partial charge in [-0.25, -0.2) is 29.5 Å². The van der Waals surface area contributed by atoms with Crippen LogP contribution < -0.4 is 16.9 Å². The van der Waals surface area contributed by atoms with Gasteiger partial charge < -0.3 is 29.5 Å². The summed E-state index contributed by atoms with van der Waals surface area (Å²) in [5, 5.41) is 0. The smallest absolute Gasteiger partial charge is 0.418 e. The zero-order valence-corrected chi connectivity index (χ0v) is 19.8. The minimum atomic E-state index is -1.26. The van der Waals surface area contributed by atoms with E-state index in [1.807, 2.05) is 0 Å². The highest BCUT2D eigenvalue weighted by molar-refractivity contribution is 6.30. The highest BCUT2D eigenvalue weighted by atomic mass is 16.7. The summed E-state index contributed by atoms with van der Waals surface area (Å²) in [5.74, 6) is -4.16. The van der Waals surface area contributed by atoms with E-state index >= 15 is 0 Å². The lowest BCUT2D eigenvalue weighted by molar-refractivity contribution is -0.195. The van der Waals surface area contributed by atoms with Crippen molar-refractivity contribution >= 4 is 29.7 Å². The first kappa shape index (κ1) is 25.8. The van der Waals surface area contributed by atoms with Gasteiger partial charge in [-0.2, -0.15) is 4.98 Å². The van der Waals surface area contributed by atoms with Crippen LogP contribution in [0.4, 0.5) is 5.82 Å². The molecule has 4 rings (SSSR count). The summed E-state index contributed by atoms with van der Waals surface area (Å²) in [6, 6.07) is 8.59. The Kier molecular flexibility index (Phi) is 7.50. The number of hydrogen-bond acceptors (Lipinski definition) is 13. The molecule has 2 unspecified atom stereocenters. The van der Waals surface area contributed by atoms with Crippen molar-refractivity contribution in [2.24, 2.45) is 11.7 Å². The molecule has 1 aromatic heterocycles. The van der Waals surface area contributed by atoms with Crippen LogP contribution in [0.15, 0.2) is 47.4 Å². The second kappa shape index (κ2) is 10.8. The SMILES string of the molecule is CC(C)[C@H](N)C(=O)ONc1ccn([C@@H]2O[C@H](COC(=O)c3ccccc3)C3OC(=O)C(=O)OC32)c(=O)n1. The fourth-order valence-electron chi connectivity index (χ4n) is 3.60. The molecule has 0 aliphatic carbocycles. The predicted octanol–water partition coefficient (Wildman–Crippen LogP) is -0.312. The lowest BCUT2D eigenvalue weighted by atomic mass is 10.1. The van der Waals surface area contributed by atoms with Crippen LogP contribution in [0.5, 0.6) is 0 Å². The number of carbonyl (C=O) groups is 4. The highest BCUT2D eigenvalue weighted by Gasteiger charge is 2.55. The van der Waals surface area contributed by atoms with Crippen molar-refractivity contribution < 1.29 is 43.0 Å². The van der Waals surface area contributed by atoms with E-state index in [9.17, 15) is 24.0 Å². The molecule has 0 saturated carbocycles. The summed E-state index contributed by atoms with van der Waals surface area (Å²) < 4.78 is 22.4. The van der Waals surface area contributed by atoms with E-state index in [-0.39, 0.29) is 18.3 Å². The molecule has 196 valence electrons. The number of aromatic nitrogens is 2. The third-order valence-corrected chi connectivity index (χ3v) is 5.68. The molecule has 37 heavy (non-hydrogen) atoms. The summed E-state index contributed by atoms with van der Waals surface area (Å²) in [7, 11) is 0. The van der Waals surface area contributed by atoms with Gasteiger partial charge in [0.15, 0.2) is 24.3 Å². The average Bonchev–Trinajstić information content (AvgIpc) is 3.22. The van der Waals surface area contributed by atoms with Crippen molar-refractivity contribution in [3.63, 3.8) is 0 Å². The maximum Gasteiger partial charge on any atom is 0.418 e. The Morgan fingerprint density at radius 1 is 1.08 bits per heavy atom. The van der Waals surface area contributed by atoms with Gasteiger partial charge in [0.25, 0.3) is 0 Å². The van der Waals surface area contributed by atoms with Gasteiger partial charge in [0, 0.05) is 12.3 Å². The van der Waals surface area contributed by atoms with Gasteiger partial charge in [-0.05, 0) is 18.1 Å². The zero-order valence-electron chi connectivity index (χ0n) is 19.8. The maximum atomic E-state index is 12.7. The average molecular weight is 516 g/mol.